The van der Waals surface area contributed by atoms with Crippen LogP contribution in [0.25, 0.3) is 5.69 Å². The molecule has 0 aliphatic rings. The van der Waals surface area contributed by atoms with Gasteiger partial charge in [-0.25, -0.2) is 4.68 Å². The van der Waals surface area contributed by atoms with Gasteiger partial charge < -0.3 is 5.32 Å². The molecule has 7 nitrogen and oxygen atoms in total. The maximum absolute atomic E-state index is 12.2. The van der Waals surface area contributed by atoms with E-state index in [2.05, 4.69) is 25.8 Å². The minimum Gasteiger partial charge on any atom is -0.322 e. The molecule has 0 unspecified atom stereocenters. The molecular formula is C13H9ClN6O. The molecule has 0 radical (unpaired) electrons. The lowest BCUT2D eigenvalue weighted by Gasteiger charge is -2.07. The highest BCUT2D eigenvalue weighted by molar-refractivity contribution is 6.34. The van der Waals surface area contributed by atoms with E-state index in [9.17, 15) is 4.79 Å². The van der Waals surface area contributed by atoms with E-state index in [4.69, 9.17) is 11.6 Å². The number of anilines is 1. The minimum atomic E-state index is -0.332. The number of aromatic nitrogens is 5. The van der Waals surface area contributed by atoms with Crippen molar-refractivity contribution in [2.24, 2.45) is 0 Å². The van der Waals surface area contributed by atoms with Crippen molar-refractivity contribution in [1.29, 1.82) is 0 Å². The molecule has 2 heterocycles. The van der Waals surface area contributed by atoms with Gasteiger partial charge >= 0.3 is 0 Å². The molecule has 21 heavy (non-hydrogen) atoms. The number of nitrogens with zero attached hydrogens (tertiary/aromatic N) is 5. The van der Waals surface area contributed by atoms with E-state index in [0.717, 1.165) is 5.69 Å². The molecule has 0 bridgehead atoms. The van der Waals surface area contributed by atoms with Crippen LogP contribution in [0.1, 0.15) is 10.4 Å². The molecule has 1 N–H and O–H groups in total. The summed E-state index contributed by atoms with van der Waals surface area (Å²) in [5, 5.41) is 14.0. The minimum absolute atomic E-state index is 0.312. The number of carbonyl (C=O) groups excluding carboxylic acids is 1. The van der Waals surface area contributed by atoms with E-state index in [-0.39, 0.29) is 5.91 Å². The molecule has 0 saturated carbocycles. The van der Waals surface area contributed by atoms with E-state index in [1.54, 1.807) is 24.3 Å². The van der Waals surface area contributed by atoms with E-state index < -0.39 is 0 Å². The average molecular weight is 301 g/mol. The third kappa shape index (κ3) is 2.87. The Kier molecular flexibility index (Phi) is 3.57. The van der Waals surface area contributed by atoms with Crippen molar-refractivity contribution in [3.63, 3.8) is 0 Å². The lowest BCUT2D eigenvalue weighted by Crippen LogP contribution is -2.13. The van der Waals surface area contributed by atoms with Gasteiger partial charge in [0.2, 0.25) is 0 Å². The molecule has 1 amide bonds. The molecule has 3 aromatic rings. The second kappa shape index (κ2) is 5.68. The largest absolute Gasteiger partial charge is 0.322 e. The lowest BCUT2D eigenvalue weighted by molar-refractivity contribution is 0.102. The Balaban J connectivity index is 1.84. The fourth-order valence-corrected chi connectivity index (χ4v) is 1.94. The molecule has 2 aromatic heterocycles. The van der Waals surface area contributed by atoms with Crippen LogP contribution in [-0.4, -0.2) is 31.1 Å². The summed E-state index contributed by atoms with van der Waals surface area (Å²) in [6, 6.07) is 8.68. The Morgan fingerprint density at radius 2 is 2.19 bits per heavy atom. The second-order valence-electron chi connectivity index (χ2n) is 4.11. The Morgan fingerprint density at radius 3 is 2.95 bits per heavy atom. The Hall–Kier alpha value is -2.80. The van der Waals surface area contributed by atoms with Crippen LogP contribution in [0, 0.1) is 0 Å². The van der Waals surface area contributed by atoms with Crippen molar-refractivity contribution in [3.8, 4) is 5.69 Å². The molecule has 8 heteroatoms. The van der Waals surface area contributed by atoms with Crippen LogP contribution in [0.2, 0.25) is 5.02 Å². The highest BCUT2D eigenvalue weighted by atomic mass is 35.5. The molecule has 0 aliphatic heterocycles. The monoisotopic (exact) mass is 300 g/mol. The Labute approximate surface area is 124 Å². The second-order valence-corrected chi connectivity index (χ2v) is 4.52. The summed E-state index contributed by atoms with van der Waals surface area (Å²) in [6.45, 7) is 0. The number of rotatable bonds is 3. The predicted molar refractivity (Wildman–Crippen MR) is 76.4 cm³/mol. The number of hydrogen-bond donors (Lipinski definition) is 1. The van der Waals surface area contributed by atoms with Gasteiger partial charge in [0, 0.05) is 18.1 Å². The van der Waals surface area contributed by atoms with Crippen LogP contribution in [0.4, 0.5) is 5.69 Å². The first-order valence-electron chi connectivity index (χ1n) is 5.98. The van der Waals surface area contributed by atoms with Crippen LogP contribution < -0.4 is 5.32 Å². The summed E-state index contributed by atoms with van der Waals surface area (Å²) in [5.41, 5.74) is 1.65. The summed E-state index contributed by atoms with van der Waals surface area (Å²) < 4.78 is 1.49. The lowest BCUT2D eigenvalue weighted by atomic mass is 10.2. The van der Waals surface area contributed by atoms with Gasteiger partial charge in [0.15, 0.2) is 0 Å². The molecule has 3 rings (SSSR count). The third-order valence-corrected chi connectivity index (χ3v) is 3.06. The maximum Gasteiger partial charge on any atom is 0.258 e. The molecular weight excluding hydrogens is 292 g/mol. The van der Waals surface area contributed by atoms with Crippen molar-refractivity contribution in [2.45, 2.75) is 0 Å². The van der Waals surface area contributed by atoms with Crippen molar-refractivity contribution in [2.75, 3.05) is 5.32 Å². The average Bonchev–Trinajstić information content (AvgIpc) is 3.02. The van der Waals surface area contributed by atoms with E-state index >= 15 is 0 Å². The van der Waals surface area contributed by atoms with Crippen LogP contribution in [0.15, 0.2) is 49.1 Å². The first kappa shape index (κ1) is 13.2. The van der Waals surface area contributed by atoms with Gasteiger partial charge in [-0.05, 0) is 34.7 Å². The Morgan fingerprint density at radius 1 is 1.29 bits per heavy atom. The van der Waals surface area contributed by atoms with Crippen LogP contribution in [0.5, 0.6) is 0 Å². The fraction of sp³-hybridized carbons (Fsp3) is 0. The zero-order valence-corrected chi connectivity index (χ0v) is 11.4. The van der Waals surface area contributed by atoms with Gasteiger partial charge in [0.25, 0.3) is 5.91 Å². The van der Waals surface area contributed by atoms with E-state index in [1.807, 2.05) is 6.07 Å². The quantitative estimate of drug-likeness (QED) is 0.799. The van der Waals surface area contributed by atoms with Crippen LogP contribution in [-0.2, 0) is 0 Å². The number of carbonyl (C=O) groups is 1. The highest BCUT2D eigenvalue weighted by Gasteiger charge is 2.11. The SMILES string of the molecule is O=C(Nc1cccc(-n2cnnn2)c1)c1cnccc1Cl. The number of halogens is 1. The molecule has 0 aliphatic carbocycles. The van der Waals surface area contributed by atoms with Crippen LogP contribution in [0.3, 0.4) is 0 Å². The zero-order valence-electron chi connectivity index (χ0n) is 10.6. The summed E-state index contributed by atoms with van der Waals surface area (Å²) in [6.07, 6.45) is 4.42. The maximum atomic E-state index is 12.2. The van der Waals surface area contributed by atoms with Crippen LogP contribution >= 0.6 is 11.6 Å². The highest BCUT2D eigenvalue weighted by Crippen LogP contribution is 2.17. The van der Waals surface area contributed by atoms with Gasteiger partial charge in [0.05, 0.1) is 16.3 Å². The normalized spacial score (nSPS) is 10.3. The van der Waals surface area contributed by atoms with Gasteiger partial charge in [0.1, 0.15) is 6.33 Å². The number of hydrogen-bond acceptors (Lipinski definition) is 5. The summed E-state index contributed by atoms with van der Waals surface area (Å²) in [7, 11) is 0. The summed E-state index contributed by atoms with van der Waals surface area (Å²) in [5.74, 6) is -0.332. The van der Waals surface area contributed by atoms with Gasteiger partial charge in [-0.15, -0.1) is 5.10 Å². The van der Waals surface area contributed by atoms with Crippen molar-refractivity contribution in [1.82, 2.24) is 25.2 Å². The van der Waals surface area contributed by atoms with Gasteiger partial charge in [-0.3, -0.25) is 9.78 Å². The van der Waals surface area contributed by atoms with Crippen molar-refractivity contribution < 1.29 is 4.79 Å². The molecule has 0 saturated heterocycles. The fourth-order valence-electron chi connectivity index (χ4n) is 1.75. The number of tetrazole rings is 1. The van der Waals surface area contributed by atoms with E-state index in [0.29, 0.717) is 16.3 Å². The van der Waals surface area contributed by atoms with Gasteiger partial charge in [-0.2, -0.15) is 0 Å². The molecule has 104 valence electrons. The summed E-state index contributed by atoms with van der Waals surface area (Å²) in [4.78, 5) is 16.0. The number of amides is 1. The molecule has 0 atom stereocenters. The van der Waals surface area contributed by atoms with Gasteiger partial charge in [-0.1, -0.05) is 17.7 Å². The smallest absolute Gasteiger partial charge is 0.258 e. The predicted octanol–water partition coefficient (Wildman–Crippen LogP) is 1.96. The van der Waals surface area contributed by atoms with Crippen molar-refractivity contribution in [3.05, 3.63) is 59.6 Å². The third-order valence-electron chi connectivity index (χ3n) is 2.73. The standard InChI is InChI=1S/C13H9ClN6O/c14-12-4-5-15-7-11(12)13(21)17-9-2-1-3-10(6-9)20-8-16-18-19-20/h1-8H,(H,17,21). The van der Waals surface area contributed by atoms with E-state index in [1.165, 1.54) is 23.4 Å². The molecule has 1 aromatic carbocycles. The first-order chi connectivity index (χ1) is 10.2. The Bertz CT molecular complexity index is 774. The molecule has 0 spiro atoms. The summed E-state index contributed by atoms with van der Waals surface area (Å²) >= 11 is 5.97. The number of pyridine rings is 1. The topological polar surface area (TPSA) is 85.6 Å². The number of benzene rings is 1. The number of nitrogens with one attached hydrogen (secondary N) is 1. The zero-order chi connectivity index (χ0) is 14.7. The van der Waals surface area contributed by atoms with Crippen molar-refractivity contribution >= 4 is 23.2 Å². The molecule has 0 fully saturated rings. The first-order valence-corrected chi connectivity index (χ1v) is 6.36.